The Kier molecular flexibility index (Phi) is 10.5. The Labute approximate surface area is 187 Å². The van der Waals surface area contributed by atoms with Crippen molar-refractivity contribution in [1.29, 1.82) is 0 Å². The maximum atomic E-state index is 12.2. The fourth-order valence-electron chi connectivity index (χ4n) is 2.49. The van der Waals surface area contributed by atoms with Crippen molar-refractivity contribution in [3.63, 3.8) is 0 Å². The Morgan fingerprint density at radius 1 is 1.21 bits per heavy atom. The van der Waals surface area contributed by atoms with Gasteiger partial charge in [-0.3, -0.25) is 4.79 Å². The number of guanidine groups is 1. The van der Waals surface area contributed by atoms with Crippen LogP contribution in [0.3, 0.4) is 0 Å². The highest BCUT2D eigenvalue weighted by atomic mass is 127. The smallest absolute Gasteiger partial charge is 0.246 e. The van der Waals surface area contributed by atoms with Crippen LogP contribution in [-0.2, 0) is 16.8 Å². The second kappa shape index (κ2) is 12.0. The first-order valence-electron chi connectivity index (χ1n) is 9.12. The van der Waals surface area contributed by atoms with E-state index in [-0.39, 0.29) is 36.4 Å². The molecule has 6 nitrogen and oxygen atoms in total. The number of carbonyl (C=O) groups excluding carboxylic acids is 1. The summed E-state index contributed by atoms with van der Waals surface area (Å²) in [5, 5.41) is 21.6. The third-order valence-corrected chi connectivity index (χ3v) is 5.12. The molecule has 2 aromatic rings. The van der Waals surface area contributed by atoms with Gasteiger partial charge >= 0.3 is 0 Å². The number of nitrogens with zero attached hydrogens (tertiary/aromatic N) is 1. The van der Waals surface area contributed by atoms with E-state index in [1.54, 1.807) is 6.92 Å². The Morgan fingerprint density at radius 2 is 2.00 bits per heavy atom. The molecule has 28 heavy (non-hydrogen) atoms. The van der Waals surface area contributed by atoms with Crippen molar-refractivity contribution in [1.82, 2.24) is 10.6 Å². The average molecular weight is 516 g/mol. The van der Waals surface area contributed by atoms with Gasteiger partial charge in [0.25, 0.3) is 0 Å². The standard InChI is InChI=1S/C20H28N4O2S.HI/c1-4-15-8-6-9-16(12-15)24-18(25)13-22-19(21-5-2)23-14-20(3,26)17-10-7-11-27-17;/h6-12,26H,4-5,13-14H2,1-3H3,(H,24,25)(H2,21,22,23);1H. The molecular weight excluding hydrogens is 487 g/mol. The summed E-state index contributed by atoms with van der Waals surface area (Å²) in [5.41, 5.74) is 0.933. The van der Waals surface area contributed by atoms with E-state index in [2.05, 4.69) is 27.9 Å². The quantitative estimate of drug-likeness (QED) is 0.247. The van der Waals surface area contributed by atoms with Crippen LogP contribution < -0.4 is 16.0 Å². The van der Waals surface area contributed by atoms with E-state index in [0.29, 0.717) is 19.0 Å². The minimum absolute atomic E-state index is 0. The predicted molar refractivity (Wildman–Crippen MR) is 128 cm³/mol. The van der Waals surface area contributed by atoms with Crippen molar-refractivity contribution in [3.8, 4) is 0 Å². The highest BCUT2D eigenvalue weighted by molar-refractivity contribution is 14.0. The number of hydrogen-bond donors (Lipinski definition) is 4. The monoisotopic (exact) mass is 516 g/mol. The molecule has 4 N–H and O–H groups in total. The normalized spacial score (nSPS) is 13.2. The number of aliphatic imine (C=N–C) groups is 1. The Hall–Kier alpha value is -1.65. The lowest BCUT2D eigenvalue weighted by molar-refractivity contribution is -0.114. The molecule has 154 valence electrons. The summed E-state index contributed by atoms with van der Waals surface area (Å²) in [5.74, 6) is 0.303. The molecule has 0 spiro atoms. The largest absolute Gasteiger partial charge is 0.383 e. The van der Waals surface area contributed by atoms with Gasteiger partial charge in [-0.05, 0) is 49.4 Å². The average Bonchev–Trinajstić information content (AvgIpc) is 3.20. The summed E-state index contributed by atoms with van der Waals surface area (Å²) in [4.78, 5) is 17.4. The molecule has 2 rings (SSSR count). The number of thiophene rings is 1. The number of nitrogens with one attached hydrogen (secondary N) is 3. The van der Waals surface area contributed by atoms with Crippen LogP contribution in [0.2, 0.25) is 0 Å². The number of hydrogen-bond acceptors (Lipinski definition) is 4. The SMILES string of the molecule is CCNC(=NCC(=O)Nc1cccc(CC)c1)NCC(C)(O)c1cccs1.I. The second-order valence-electron chi connectivity index (χ2n) is 6.40. The van der Waals surface area contributed by atoms with Gasteiger partial charge in [-0.1, -0.05) is 25.1 Å². The van der Waals surface area contributed by atoms with Gasteiger partial charge in [0.2, 0.25) is 5.91 Å². The Bertz CT molecular complexity index is 763. The van der Waals surface area contributed by atoms with Crippen molar-refractivity contribution in [2.24, 2.45) is 4.99 Å². The minimum atomic E-state index is -1.01. The number of aliphatic hydroxyl groups is 1. The number of amides is 1. The Balaban J connectivity index is 0.00000392. The summed E-state index contributed by atoms with van der Waals surface area (Å²) < 4.78 is 0. The molecule has 1 amide bonds. The number of anilines is 1. The van der Waals surface area contributed by atoms with Gasteiger partial charge in [0, 0.05) is 17.1 Å². The van der Waals surface area contributed by atoms with Crippen LogP contribution in [0, 0.1) is 0 Å². The molecule has 0 radical (unpaired) electrons. The van der Waals surface area contributed by atoms with E-state index in [9.17, 15) is 9.90 Å². The number of carbonyl (C=O) groups is 1. The van der Waals surface area contributed by atoms with Gasteiger partial charge in [-0.15, -0.1) is 35.3 Å². The number of halogens is 1. The molecule has 0 saturated heterocycles. The first-order chi connectivity index (χ1) is 12.9. The van der Waals surface area contributed by atoms with Crippen LogP contribution in [0.15, 0.2) is 46.8 Å². The molecule has 0 aliphatic carbocycles. The zero-order valence-corrected chi connectivity index (χ0v) is 19.6. The van der Waals surface area contributed by atoms with Gasteiger partial charge in [0.15, 0.2) is 5.96 Å². The van der Waals surface area contributed by atoms with Crippen LogP contribution in [0.1, 0.15) is 31.2 Å². The first-order valence-corrected chi connectivity index (χ1v) is 10.00. The van der Waals surface area contributed by atoms with E-state index < -0.39 is 5.60 Å². The topological polar surface area (TPSA) is 85.8 Å². The molecule has 0 bridgehead atoms. The first kappa shape index (κ1) is 24.4. The van der Waals surface area contributed by atoms with E-state index >= 15 is 0 Å². The summed E-state index contributed by atoms with van der Waals surface area (Å²) in [6.45, 7) is 6.72. The van der Waals surface area contributed by atoms with Gasteiger partial charge in [-0.2, -0.15) is 0 Å². The molecule has 0 aliphatic heterocycles. The van der Waals surface area contributed by atoms with Crippen LogP contribution in [0.25, 0.3) is 0 Å². The van der Waals surface area contributed by atoms with Gasteiger partial charge in [0.1, 0.15) is 12.1 Å². The molecule has 0 aliphatic rings. The lowest BCUT2D eigenvalue weighted by atomic mass is 10.1. The maximum Gasteiger partial charge on any atom is 0.246 e. The number of benzene rings is 1. The molecule has 1 atom stereocenters. The van der Waals surface area contributed by atoms with Crippen LogP contribution in [0.4, 0.5) is 5.69 Å². The lowest BCUT2D eigenvalue weighted by Crippen LogP contribution is -2.44. The molecule has 1 aromatic heterocycles. The third kappa shape index (κ3) is 7.76. The molecule has 0 saturated carbocycles. The highest BCUT2D eigenvalue weighted by Crippen LogP contribution is 2.24. The van der Waals surface area contributed by atoms with E-state index in [1.807, 2.05) is 48.7 Å². The maximum absolute atomic E-state index is 12.2. The summed E-state index contributed by atoms with van der Waals surface area (Å²) >= 11 is 1.50. The second-order valence-corrected chi connectivity index (χ2v) is 7.35. The molecule has 1 unspecified atom stereocenters. The van der Waals surface area contributed by atoms with Crippen LogP contribution in [-0.4, -0.2) is 36.6 Å². The predicted octanol–water partition coefficient (Wildman–Crippen LogP) is 3.33. The molecular formula is C20H29IN4O2S. The van der Waals surface area contributed by atoms with Gasteiger partial charge in [-0.25, -0.2) is 4.99 Å². The minimum Gasteiger partial charge on any atom is -0.383 e. The zero-order valence-electron chi connectivity index (χ0n) is 16.5. The summed E-state index contributed by atoms with van der Waals surface area (Å²) in [6.07, 6.45) is 0.917. The van der Waals surface area contributed by atoms with Crippen molar-refractivity contribution in [2.75, 3.05) is 25.0 Å². The molecule has 1 aromatic carbocycles. The molecule has 8 heteroatoms. The van der Waals surface area contributed by atoms with Gasteiger partial charge < -0.3 is 21.1 Å². The lowest BCUT2D eigenvalue weighted by Gasteiger charge is -2.23. The highest BCUT2D eigenvalue weighted by Gasteiger charge is 2.24. The fourth-order valence-corrected chi connectivity index (χ4v) is 3.28. The zero-order chi connectivity index (χ0) is 19.7. The van der Waals surface area contributed by atoms with Crippen LogP contribution >= 0.6 is 35.3 Å². The number of aryl methyl sites for hydroxylation is 1. The van der Waals surface area contributed by atoms with E-state index in [4.69, 9.17) is 0 Å². The summed E-state index contributed by atoms with van der Waals surface area (Å²) in [7, 11) is 0. The van der Waals surface area contributed by atoms with Crippen molar-refractivity contribution in [2.45, 2.75) is 32.8 Å². The van der Waals surface area contributed by atoms with Crippen molar-refractivity contribution < 1.29 is 9.90 Å². The third-order valence-electron chi connectivity index (χ3n) is 4.00. The van der Waals surface area contributed by atoms with Crippen LogP contribution in [0.5, 0.6) is 0 Å². The molecule has 0 fully saturated rings. The number of rotatable bonds is 8. The van der Waals surface area contributed by atoms with Crippen molar-refractivity contribution in [3.05, 3.63) is 52.2 Å². The van der Waals surface area contributed by atoms with E-state index in [1.165, 1.54) is 16.9 Å². The van der Waals surface area contributed by atoms with E-state index in [0.717, 1.165) is 17.0 Å². The summed E-state index contributed by atoms with van der Waals surface area (Å²) in [6, 6.07) is 11.6. The fraction of sp³-hybridized carbons (Fsp3) is 0.400. The van der Waals surface area contributed by atoms with Gasteiger partial charge in [0.05, 0.1) is 6.54 Å². The van der Waals surface area contributed by atoms with Crippen molar-refractivity contribution >= 4 is 52.9 Å². The Morgan fingerprint density at radius 3 is 2.64 bits per heavy atom. The molecule has 1 heterocycles.